The molecule has 1 aromatic carbocycles. The van der Waals surface area contributed by atoms with E-state index in [1.807, 2.05) is 0 Å². The molecule has 0 bridgehead atoms. The van der Waals surface area contributed by atoms with Crippen LogP contribution < -0.4 is 9.16 Å². The Morgan fingerprint density at radius 3 is 2.20 bits per heavy atom. The average Bonchev–Trinajstić information content (AvgIpc) is 2.36. The second kappa shape index (κ2) is 5.87. The van der Waals surface area contributed by atoms with E-state index in [-0.39, 0.29) is 5.04 Å². The number of methoxy groups -OCH3 is 2. The van der Waals surface area contributed by atoms with E-state index in [1.54, 1.807) is 25.3 Å². The van der Waals surface area contributed by atoms with Crippen molar-refractivity contribution in [3.05, 3.63) is 23.8 Å². The fraction of sp³-hybridized carbons (Fsp3) is 0.533. The Morgan fingerprint density at radius 2 is 1.75 bits per heavy atom. The number of hydrogen-bond acceptors (Lipinski definition) is 4. The highest BCUT2D eigenvalue weighted by Crippen LogP contribution is 2.38. The molecule has 0 amide bonds. The summed E-state index contributed by atoms with van der Waals surface area (Å²) in [7, 11) is 0.907. The summed E-state index contributed by atoms with van der Waals surface area (Å²) >= 11 is 0. The molecule has 0 aliphatic rings. The van der Waals surface area contributed by atoms with Gasteiger partial charge >= 0.3 is 5.97 Å². The van der Waals surface area contributed by atoms with E-state index in [4.69, 9.17) is 13.9 Å². The van der Waals surface area contributed by atoms with Crippen molar-refractivity contribution in [1.29, 1.82) is 0 Å². The molecule has 0 aromatic heterocycles. The van der Waals surface area contributed by atoms with Gasteiger partial charge in [-0.2, -0.15) is 0 Å². The molecule has 1 rings (SSSR count). The van der Waals surface area contributed by atoms with Crippen molar-refractivity contribution in [2.75, 3.05) is 14.2 Å². The van der Waals surface area contributed by atoms with Crippen LogP contribution in [0.3, 0.4) is 0 Å². The van der Waals surface area contributed by atoms with Gasteiger partial charge in [-0.3, -0.25) is 0 Å². The van der Waals surface area contributed by atoms with Crippen LogP contribution in [0.1, 0.15) is 31.1 Å². The third kappa shape index (κ3) is 3.54. The van der Waals surface area contributed by atoms with Crippen LogP contribution >= 0.6 is 0 Å². The molecule has 20 heavy (non-hydrogen) atoms. The highest BCUT2D eigenvalue weighted by molar-refractivity contribution is 6.74. The van der Waals surface area contributed by atoms with Crippen LogP contribution in [0, 0.1) is 0 Å². The normalized spacial score (nSPS) is 11.9. The Balaban J connectivity index is 3.21. The Kier molecular flexibility index (Phi) is 4.86. The van der Waals surface area contributed by atoms with Crippen molar-refractivity contribution in [2.24, 2.45) is 0 Å². The zero-order valence-corrected chi connectivity index (χ0v) is 14.4. The molecule has 0 unspecified atom stereocenters. The van der Waals surface area contributed by atoms with Crippen molar-refractivity contribution in [3.8, 4) is 11.5 Å². The van der Waals surface area contributed by atoms with E-state index in [0.717, 1.165) is 0 Å². The molecule has 0 atom stereocenters. The summed E-state index contributed by atoms with van der Waals surface area (Å²) in [5, 5.41) is 0.0559. The third-order valence-corrected chi connectivity index (χ3v) is 8.11. The molecule has 0 fully saturated rings. The van der Waals surface area contributed by atoms with E-state index in [1.165, 1.54) is 7.11 Å². The fourth-order valence-corrected chi connectivity index (χ4v) is 2.46. The summed E-state index contributed by atoms with van der Waals surface area (Å²) in [4.78, 5) is 11.9. The SMILES string of the molecule is COC(=O)c1cc(OC)ccc1O[Si](C)(C)C(C)(C)C. The van der Waals surface area contributed by atoms with Crippen LogP contribution in [-0.2, 0) is 4.74 Å². The highest BCUT2D eigenvalue weighted by Gasteiger charge is 2.39. The third-order valence-electron chi connectivity index (χ3n) is 3.76. The second-order valence-corrected chi connectivity index (χ2v) is 10.9. The fourth-order valence-electron chi connectivity index (χ4n) is 1.42. The minimum Gasteiger partial charge on any atom is -0.543 e. The number of benzene rings is 1. The summed E-state index contributed by atoms with van der Waals surface area (Å²) < 4.78 is 16.2. The van der Waals surface area contributed by atoms with Gasteiger partial charge in [-0.25, -0.2) is 4.79 Å². The largest absolute Gasteiger partial charge is 0.543 e. The van der Waals surface area contributed by atoms with Gasteiger partial charge in [-0.1, -0.05) is 20.8 Å². The topological polar surface area (TPSA) is 44.8 Å². The first-order valence-electron chi connectivity index (χ1n) is 6.58. The van der Waals surface area contributed by atoms with Crippen LogP contribution in [0.2, 0.25) is 18.1 Å². The highest BCUT2D eigenvalue weighted by atomic mass is 28.4. The molecule has 0 saturated heterocycles. The van der Waals surface area contributed by atoms with Crippen LogP contribution in [0.5, 0.6) is 11.5 Å². The van der Waals surface area contributed by atoms with Crippen molar-refractivity contribution < 1.29 is 18.7 Å². The number of carbonyl (C=O) groups is 1. The number of rotatable bonds is 4. The van der Waals surface area contributed by atoms with E-state index in [0.29, 0.717) is 17.1 Å². The molecule has 112 valence electrons. The van der Waals surface area contributed by atoms with Gasteiger partial charge in [0, 0.05) is 0 Å². The van der Waals surface area contributed by atoms with Gasteiger partial charge in [0.1, 0.15) is 17.1 Å². The number of carbonyl (C=O) groups excluding carboxylic acids is 1. The van der Waals surface area contributed by atoms with Gasteiger partial charge in [-0.15, -0.1) is 0 Å². The van der Waals surface area contributed by atoms with Gasteiger partial charge in [0.15, 0.2) is 0 Å². The molecule has 0 saturated carbocycles. The van der Waals surface area contributed by atoms with Crippen LogP contribution in [0.4, 0.5) is 0 Å². The van der Waals surface area contributed by atoms with Gasteiger partial charge < -0.3 is 13.9 Å². The zero-order chi connectivity index (χ0) is 15.6. The Morgan fingerprint density at radius 1 is 1.15 bits per heavy atom. The monoisotopic (exact) mass is 296 g/mol. The number of ether oxygens (including phenoxy) is 2. The first kappa shape index (κ1) is 16.6. The number of hydrogen-bond donors (Lipinski definition) is 0. The summed E-state index contributed by atoms with van der Waals surface area (Å²) in [6, 6.07) is 5.20. The molecule has 0 N–H and O–H groups in total. The Bertz CT molecular complexity index is 489. The van der Waals surface area contributed by atoms with Gasteiger partial charge in [0.25, 0.3) is 8.32 Å². The Labute approximate surface area is 122 Å². The molecule has 0 heterocycles. The molecule has 0 aliphatic heterocycles. The van der Waals surface area contributed by atoms with E-state index in [9.17, 15) is 4.79 Å². The summed E-state index contributed by atoms with van der Waals surface area (Å²) in [6.45, 7) is 10.7. The Hall–Kier alpha value is -1.49. The lowest BCUT2D eigenvalue weighted by Crippen LogP contribution is -2.44. The van der Waals surface area contributed by atoms with Crippen LogP contribution in [-0.4, -0.2) is 28.5 Å². The molecule has 1 aromatic rings. The summed E-state index contributed by atoms with van der Waals surface area (Å²) in [5.74, 6) is 0.745. The molecular formula is C15H24O4Si. The van der Waals surface area contributed by atoms with E-state index in [2.05, 4.69) is 33.9 Å². The minimum absolute atomic E-state index is 0.0559. The zero-order valence-electron chi connectivity index (χ0n) is 13.4. The van der Waals surface area contributed by atoms with Crippen molar-refractivity contribution >= 4 is 14.3 Å². The predicted octanol–water partition coefficient (Wildman–Crippen LogP) is 3.87. The summed E-state index contributed by atoms with van der Waals surface area (Å²) in [5.41, 5.74) is 0.400. The van der Waals surface area contributed by atoms with Gasteiger partial charge in [0.05, 0.1) is 14.2 Å². The van der Waals surface area contributed by atoms with Gasteiger partial charge in [0.2, 0.25) is 0 Å². The van der Waals surface area contributed by atoms with Crippen LogP contribution in [0.15, 0.2) is 18.2 Å². The maximum atomic E-state index is 11.9. The maximum Gasteiger partial charge on any atom is 0.341 e. The maximum absolute atomic E-state index is 11.9. The minimum atomic E-state index is -2.01. The first-order valence-corrected chi connectivity index (χ1v) is 9.48. The van der Waals surface area contributed by atoms with E-state index >= 15 is 0 Å². The van der Waals surface area contributed by atoms with Gasteiger partial charge in [-0.05, 0) is 36.3 Å². The lowest BCUT2D eigenvalue weighted by molar-refractivity contribution is 0.0598. The molecule has 0 spiro atoms. The smallest absolute Gasteiger partial charge is 0.341 e. The standard InChI is InChI=1S/C15H24O4Si/c1-15(2,3)20(6,7)19-13-9-8-11(17-4)10-12(13)14(16)18-5/h8-10H,1-7H3. The van der Waals surface area contributed by atoms with Crippen LogP contribution in [0.25, 0.3) is 0 Å². The molecule has 5 heteroatoms. The second-order valence-electron chi connectivity index (χ2n) is 6.22. The summed E-state index contributed by atoms with van der Waals surface area (Å²) in [6.07, 6.45) is 0. The molecule has 4 nitrogen and oxygen atoms in total. The molecule has 0 radical (unpaired) electrons. The van der Waals surface area contributed by atoms with E-state index < -0.39 is 14.3 Å². The quantitative estimate of drug-likeness (QED) is 0.625. The lowest BCUT2D eigenvalue weighted by Gasteiger charge is -2.36. The number of esters is 1. The first-order chi connectivity index (χ1) is 9.12. The van der Waals surface area contributed by atoms with Crippen molar-refractivity contribution in [1.82, 2.24) is 0 Å². The lowest BCUT2D eigenvalue weighted by atomic mass is 10.2. The average molecular weight is 296 g/mol. The van der Waals surface area contributed by atoms with Crippen molar-refractivity contribution in [3.63, 3.8) is 0 Å². The molecule has 0 aliphatic carbocycles. The molecular weight excluding hydrogens is 272 g/mol. The van der Waals surface area contributed by atoms with Crippen molar-refractivity contribution in [2.45, 2.75) is 38.9 Å². The predicted molar refractivity (Wildman–Crippen MR) is 82.2 cm³/mol.